The maximum absolute atomic E-state index is 10.6. The molecular weight excluding hydrogens is 204 g/mol. The largest absolute Gasteiger partial charge is 0.493 e. The molecule has 0 aromatic heterocycles. The number of nitrogens with one attached hydrogen (secondary N) is 1. The van der Waals surface area contributed by atoms with Crippen LogP contribution in [0.3, 0.4) is 0 Å². The summed E-state index contributed by atoms with van der Waals surface area (Å²) in [7, 11) is 0. The third-order valence-corrected chi connectivity index (χ3v) is 2.64. The number of nitrogens with two attached hydrogens (primary N) is 1. The highest BCUT2D eigenvalue weighted by Gasteiger charge is 2.09. The zero-order valence-corrected chi connectivity index (χ0v) is 9.16. The van der Waals surface area contributed by atoms with Crippen LogP contribution in [0.2, 0.25) is 0 Å². The number of carbonyl (C=O) groups is 1. The van der Waals surface area contributed by atoms with E-state index >= 15 is 0 Å². The Morgan fingerprint density at radius 2 is 2.38 bits per heavy atom. The summed E-state index contributed by atoms with van der Waals surface area (Å²) in [5.41, 5.74) is 7.50. The number of fused-ring (bicyclic) bond motifs is 1. The van der Waals surface area contributed by atoms with Crippen LogP contribution in [0.1, 0.15) is 18.4 Å². The second-order valence-corrected chi connectivity index (χ2v) is 3.91. The van der Waals surface area contributed by atoms with E-state index in [-0.39, 0.29) is 12.3 Å². The van der Waals surface area contributed by atoms with Gasteiger partial charge in [0.05, 0.1) is 13.0 Å². The van der Waals surface area contributed by atoms with E-state index in [2.05, 4.69) is 11.4 Å². The number of primary amides is 1. The average Bonchev–Trinajstić information content (AvgIpc) is 2.28. The molecule has 0 spiro atoms. The summed E-state index contributed by atoms with van der Waals surface area (Å²) in [5.74, 6) is 0.450. The molecule has 4 nitrogen and oxygen atoms in total. The zero-order valence-electron chi connectivity index (χ0n) is 9.16. The molecule has 0 unspecified atom stereocenters. The van der Waals surface area contributed by atoms with Gasteiger partial charge in [-0.15, -0.1) is 0 Å². The minimum absolute atomic E-state index is 0.254. The van der Waals surface area contributed by atoms with Crippen LogP contribution < -0.4 is 15.8 Å². The van der Waals surface area contributed by atoms with Crippen molar-refractivity contribution in [2.75, 3.05) is 18.5 Å². The van der Waals surface area contributed by atoms with Gasteiger partial charge < -0.3 is 15.8 Å². The van der Waals surface area contributed by atoms with Gasteiger partial charge in [0, 0.05) is 18.3 Å². The number of benzene rings is 1. The summed E-state index contributed by atoms with van der Waals surface area (Å²) in [4.78, 5) is 10.6. The molecule has 0 aliphatic carbocycles. The normalized spacial score (nSPS) is 13.8. The highest BCUT2D eigenvalue weighted by Crippen LogP contribution is 2.26. The highest BCUT2D eigenvalue weighted by molar-refractivity contribution is 5.73. The number of aryl methyl sites for hydroxylation is 1. The quantitative estimate of drug-likeness (QED) is 0.803. The smallest absolute Gasteiger partial charge is 0.220 e. The highest BCUT2D eigenvalue weighted by atomic mass is 16.5. The monoisotopic (exact) mass is 220 g/mol. The summed E-state index contributed by atoms with van der Waals surface area (Å²) in [6, 6.07) is 5.99. The van der Waals surface area contributed by atoms with E-state index in [0.29, 0.717) is 6.61 Å². The minimum atomic E-state index is -0.337. The van der Waals surface area contributed by atoms with E-state index in [0.717, 1.165) is 24.4 Å². The van der Waals surface area contributed by atoms with Gasteiger partial charge in [0.25, 0.3) is 0 Å². The van der Waals surface area contributed by atoms with Crippen LogP contribution in [-0.4, -0.2) is 19.1 Å². The molecule has 4 heteroatoms. The van der Waals surface area contributed by atoms with Crippen molar-refractivity contribution in [1.29, 1.82) is 0 Å². The number of rotatable bonds is 4. The molecule has 2 rings (SSSR count). The predicted octanol–water partition coefficient (Wildman–Crippen LogP) is 1.30. The summed E-state index contributed by atoms with van der Waals surface area (Å²) in [5, 5.41) is 3.33. The third kappa shape index (κ3) is 2.66. The van der Waals surface area contributed by atoms with Crippen molar-refractivity contribution in [1.82, 2.24) is 0 Å². The van der Waals surface area contributed by atoms with Crippen molar-refractivity contribution in [2.24, 2.45) is 5.73 Å². The summed E-state index contributed by atoms with van der Waals surface area (Å²) in [6.07, 6.45) is 2.54. The van der Waals surface area contributed by atoms with E-state index in [9.17, 15) is 4.79 Å². The van der Waals surface area contributed by atoms with Crippen LogP contribution >= 0.6 is 0 Å². The summed E-state index contributed by atoms with van der Waals surface area (Å²) < 4.78 is 5.44. The molecule has 86 valence electrons. The molecular formula is C12H16N2O2. The van der Waals surface area contributed by atoms with Gasteiger partial charge in [-0.25, -0.2) is 0 Å². The van der Waals surface area contributed by atoms with Crippen LogP contribution in [0.4, 0.5) is 5.69 Å². The summed E-state index contributed by atoms with van der Waals surface area (Å²) in [6.45, 7) is 1.35. The fraction of sp³-hybridized carbons (Fsp3) is 0.417. The van der Waals surface area contributed by atoms with Crippen molar-refractivity contribution in [3.63, 3.8) is 0 Å². The Kier molecular flexibility index (Phi) is 3.29. The SMILES string of the molecule is NC(=O)CCOc1ccc2c(c1)NCCC2. The molecule has 0 fully saturated rings. The Morgan fingerprint density at radius 3 is 3.19 bits per heavy atom. The molecule has 1 aromatic carbocycles. The van der Waals surface area contributed by atoms with Gasteiger partial charge in [-0.05, 0) is 24.5 Å². The first-order valence-corrected chi connectivity index (χ1v) is 5.53. The van der Waals surface area contributed by atoms with Crippen LogP contribution in [0, 0.1) is 0 Å². The van der Waals surface area contributed by atoms with Gasteiger partial charge in [-0.2, -0.15) is 0 Å². The van der Waals surface area contributed by atoms with E-state index < -0.39 is 0 Å². The fourth-order valence-corrected chi connectivity index (χ4v) is 1.80. The first kappa shape index (κ1) is 10.8. The van der Waals surface area contributed by atoms with Crippen LogP contribution in [0.15, 0.2) is 18.2 Å². The number of anilines is 1. The molecule has 3 N–H and O–H groups in total. The second-order valence-electron chi connectivity index (χ2n) is 3.91. The Morgan fingerprint density at radius 1 is 1.50 bits per heavy atom. The fourth-order valence-electron chi connectivity index (χ4n) is 1.80. The maximum Gasteiger partial charge on any atom is 0.220 e. The van der Waals surface area contributed by atoms with Gasteiger partial charge in [0.15, 0.2) is 0 Å². The lowest BCUT2D eigenvalue weighted by Crippen LogP contribution is -2.15. The Bertz CT molecular complexity index is 391. The van der Waals surface area contributed by atoms with Gasteiger partial charge in [-0.3, -0.25) is 4.79 Å². The molecule has 16 heavy (non-hydrogen) atoms. The third-order valence-electron chi connectivity index (χ3n) is 2.64. The second kappa shape index (κ2) is 4.88. The molecule has 1 aliphatic heterocycles. The van der Waals surface area contributed by atoms with Crippen molar-refractivity contribution >= 4 is 11.6 Å². The molecule has 1 aromatic rings. The van der Waals surface area contributed by atoms with Gasteiger partial charge in [-0.1, -0.05) is 6.07 Å². The molecule has 1 amide bonds. The number of carbonyl (C=O) groups excluding carboxylic acids is 1. The van der Waals surface area contributed by atoms with E-state index in [1.807, 2.05) is 12.1 Å². The van der Waals surface area contributed by atoms with Crippen molar-refractivity contribution in [3.05, 3.63) is 23.8 Å². The minimum Gasteiger partial charge on any atom is -0.493 e. The Balaban J connectivity index is 1.97. The first-order chi connectivity index (χ1) is 7.75. The first-order valence-electron chi connectivity index (χ1n) is 5.53. The van der Waals surface area contributed by atoms with Crippen LogP contribution in [-0.2, 0) is 11.2 Å². The molecule has 0 bridgehead atoms. The number of amides is 1. The van der Waals surface area contributed by atoms with Gasteiger partial charge >= 0.3 is 0 Å². The standard InChI is InChI=1S/C12H16N2O2/c13-12(15)5-7-16-10-4-3-9-2-1-6-14-11(9)8-10/h3-4,8,14H,1-2,5-7H2,(H2,13,15). The maximum atomic E-state index is 10.6. The molecule has 0 radical (unpaired) electrons. The van der Waals surface area contributed by atoms with Gasteiger partial charge in [0.2, 0.25) is 5.91 Å². The molecule has 1 heterocycles. The van der Waals surface area contributed by atoms with E-state index in [1.165, 1.54) is 12.0 Å². The average molecular weight is 220 g/mol. The Hall–Kier alpha value is -1.71. The zero-order chi connectivity index (χ0) is 11.4. The molecule has 0 atom stereocenters. The molecule has 0 saturated carbocycles. The lowest BCUT2D eigenvalue weighted by atomic mass is 10.0. The lowest BCUT2D eigenvalue weighted by Gasteiger charge is -2.18. The topological polar surface area (TPSA) is 64.4 Å². The van der Waals surface area contributed by atoms with Gasteiger partial charge in [0.1, 0.15) is 5.75 Å². The van der Waals surface area contributed by atoms with Crippen molar-refractivity contribution in [2.45, 2.75) is 19.3 Å². The van der Waals surface area contributed by atoms with E-state index in [4.69, 9.17) is 10.5 Å². The number of hydrogen-bond donors (Lipinski definition) is 2. The van der Waals surface area contributed by atoms with Crippen LogP contribution in [0.25, 0.3) is 0 Å². The van der Waals surface area contributed by atoms with E-state index in [1.54, 1.807) is 0 Å². The lowest BCUT2D eigenvalue weighted by molar-refractivity contribution is -0.118. The molecule has 1 aliphatic rings. The van der Waals surface area contributed by atoms with Crippen molar-refractivity contribution in [3.8, 4) is 5.75 Å². The van der Waals surface area contributed by atoms with Crippen molar-refractivity contribution < 1.29 is 9.53 Å². The Labute approximate surface area is 94.8 Å². The van der Waals surface area contributed by atoms with Crippen LogP contribution in [0.5, 0.6) is 5.75 Å². The molecule has 0 saturated heterocycles. The number of ether oxygens (including phenoxy) is 1. The summed E-state index contributed by atoms with van der Waals surface area (Å²) >= 11 is 0. The number of hydrogen-bond acceptors (Lipinski definition) is 3. The predicted molar refractivity (Wildman–Crippen MR) is 62.6 cm³/mol.